The maximum Gasteiger partial charge on any atom is 0.251 e. The molecule has 6 nitrogen and oxygen atoms in total. The first-order valence-corrected chi connectivity index (χ1v) is 8.46. The SMILES string of the molecule is CCC(=O)Nc1ccc(C(=O)NCCc2ccc(OC)c(OC)c2)cc1. The molecule has 2 aromatic carbocycles. The molecule has 2 rings (SSSR count). The fourth-order valence-corrected chi connectivity index (χ4v) is 2.41. The monoisotopic (exact) mass is 356 g/mol. The summed E-state index contributed by atoms with van der Waals surface area (Å²) in [4.78, 5) is 23.6. The number of benzene rings is 2. The van der Waals surface area contributed by atoms with E-state index in [1.165, 1.54) is 0 Å². The molecule has 0 spiro atoms. The fourth-order valence-electron chi connectivity index (χ4n) is 2.41. The Hall–Kier alpha value is -3.02. The molecular formula is C20H24N2O4. The number of carbonyl (C=O) groups excluding carboxylic acids is 2. The topological polar surface area (TPSA) is 76.7 Å². The third-order valence-corrected chi connectivity index (χ3v) is 3.90. The fraction of sp³-hybridized carbons (Fsp3) is 0.300. The van der Waals surface area contributed by atoms with Crippen LogP contribution < -0.4 is 20.1 Å². The first-order chi connectivity index (χ1) is 12.6. The van der Waals surface area contributed by atoms with Gasteiger partial charge in [0.15, 0.2) is 11.5 Å². The Kier molecular flexibility index (Phi) is 7.02. The summed E-state index contributed by atoms with van der Waals surface area (Å²) in [5.74, 6) is 1.13. The molecule has 26 heavy (non-hydrogen) atoms. The summed E-state index contributed by atoms with van der Waals surface area (Å²) < 4.78 is 10.5. The molecule has 0 fully saturated rings. The van der Waals surface area contributed by atoms with E-state index in [4.69, 9.17) is 9.47 Å². The summed E-state index contributed by atoms with van der Waals surface area (Å²) in [6, 6.07) is 12.5. The maximum absolute atomic E-state index is 12.2. The highest BCUT2D eigenvalue weighted by molar-refractivity contribution is 5.95. The van der Waals surface area contributed by atoms with Gasteiger partial charge in [0.1, 0.15) is 0 Å². The minimum absolute atomic E-state index is 0.0582. The van der Waals surface area contributed by atoms with E-state index in [1.807, 2.05) is 18.2 Å². The molecule has 0 aliphatic carbocycles. The number of amides is 2. The second-order valence-electron chi connectivity index (χ2n) is 5.67. The van der Waals surface area contributed by atoms with Crippen molar-refractivity contribution in [3.8, 4) is 11.5 Å². The van der Waals surface area contributed by atoms with Gasteiger partial charge in [-0.25, -0.2) is 0 Å². The van der Waals surface area contributed by atoms with Crippen molar-refractivity contribution in [1.29, 1.82) is 0 Å². The van der Waals surface area contributed by atoms with Crippen molar-refractivity contribution >= 4 is 17.5 Å². The van der Waals surface area contributed by atoms with Gasteiger partial charge in [0.2, 0.25) is 5.91 Å². The Morgan fingerprint density at radius 2 is 1.65 bits per heavy atom. The van der Waals surface area contributed by atoms with E-state index in [0.29, 0.717) is 42.1 Å². The van der Waals surface area contributed by atoms with Crippen LogP contribution in [0.1, 0.15) is 29.3 Å². The van der Waals surface area contributed by atoms with Crippen LogP contribution >= 0.6 is 0 Å². The lowest BCUT2D eigenvalue weighted by atomic mass is 10.1. The third-order valence-electron chi connectivity index (χ3n) is 3.90. The van der Waals surface area contributed by atoms with Gasteiger partial charge in [-0.1, -0.05) is 13.0 Å². The maximum atomic E-state index is 12.2. The summed E-state index contributed by atoms with van der Waals surface area (Å²) in [6.45, 7) is 2.29. The molecule has 0 heterocycles. The highest BCUT2D eigenvalue weighted by Crippen LogP contribution is 2.27. The Balaban J connectivity index is 1.87. The van der Waals surface area contributed by atoms with Crippen molar-refractivity contribution in [3.63, 3.8) is 0 Å². The summed E-state index contributed by atoms with van der Waals surface area (Å²) >= 11 is 0. The van der Waals surface area contributed by atoms with Crippen LogP contribution in [0.3, 0.4) is 0 Å². The number of rotatable bonds is 8. The standard InChI is InChI=1S/C20H24N2O4/c1-4-19(23)22-16-8-6-15(7-9-16)20(24)21-12-11-14-5-10-17(25-2)18(13-14)26-3/h5-10,13H,4,11-12H2,1-3H3,(H,21,24)(H,22,23). The number of nitrogens with one attached hydrogen (secondary N) is 2. The molecule has 0 atom stereocenters. The molecule has 0 saturated carbocycles. The van der Waals surface area contributed by atoms with Crippen LogP contribution in [-0.2, 0) is 11.2 Å². The van der Waals surface area contributed by atoms with Crippen molar-refractivity contribution in [2.45, 2.75) is 19.8 Å². The molecule has 0 aromatic heterocycles. The van der Waals surface area contributed by atoms with Crippen molar-refractivity contribution in [2.24, 2.45) is 0 Å². The van der Waals surface area contributed by atoms with E-state index >= 15 is 0 Å². The minimum atomic E-state index is -0.154. The van der Waals surface area contributed by atoms with E-state index in [0.717, 1.165) is 5.56 Å². The number of methoxy groups -OCH3 is 2. The molecule has 0 saturated heterocycles. The second kappa shape index (κ2) is 9.46. The van der Waals surface area contributed by atoms with Gasteiger partial charge in [-0.15, -0.1) is 0 Å². The zero-order valence-electron chi connectivity index (χ0n) is 15.3. The minimum Gasteiger partial charge on any atom is -0.493 e. The smallest absolute Gasteiger partial charge is 0.251 e. The van der Waals surface area contributed by atoms with E-state index in [-0.39, 0.29) is 11.8 Å². The van der Waals surface area contributed by atoms with Gasteiger partial charge in [0.25, 0.3) is 5.91 Å². The largest absolute Gasteiger partial charge is 0.493 e. The van der Waals surface area contributed by atoms with Crippen molar-refractivity contribution in [2.75, 3.05) is 26.1 Å². The van der Waals surface area contributed by atoms with Gasteiger partial charge in [0, 0.05) is 24.2 Å². The van der Waals surface area contributed by atoms with Crippen LogP contribution in [0.2, 0.25) is 0 Å². The predicted octanol–water partition coefficient (Wildman–Crippen LogP) is 3.02. The van der Waals surface area contributed by atoms with Crippen molar-refractivity contribution in [1.82, 2.24) is 5.32 Å². The average Bonchev–Trinajstić information content (AvgIpc) is 2.68. The number of carbonyl (C=O) groups is 2. The molecule has 138 valence electrons. The predicted molar refractivity (Wildman–Crippen MR) is 101 cm³/mol. The number of ether oxygens (including phenoxy) is 2. The third kappa shape index (κ3) is 5.24. The Bertz CT molecular complexity index is 757. The lowest BCUT2D eigenvalue weighted by molar-refractivity contribution is -0.115. The van der Waals surface area contributed by atoms with Gasteiger partial charge in [-0.2, -0.15) is 0 Å². The van der Waals surface area contributed by atoms with Gasteiger partial charge < -0.3 is 20.1 Å². The highest BCUT2D eigenvalue weighted by atomic mass is 16.5. The van der Waals surface area contributed by atoms with Crippen LogP contribution in [0.15, 0.2) is 42.5 Å². The Morgan fingerprint density at radius 3 is 2.27 bits per heavy atom. The lowest BCUT2D eigenvalue weighted by Gasteiger charge is -2.10. The normalized spacial score (nSPS) is 10.1. The quantitative estimate of drug-likeness (QED) is 0.762. The van der Waals surface area contributed by atoms with Gasteiger partial charge in [-0.05, 0) is 48.4 Å². The highest BCUT2D eigenvalue weighted by Gasteiger charge is 2.07. The molecule has 0 bridgehead atoms. The van der Waals surface area contributed by atoms with Crippen LogP contribution in [0.5, 0.6) is 11.5 Å². The van der Waals surface area contributed by atoms with Crippen LogP contribution in [0, 0.1) is 0 Å². The van der Waals surface area contributed by atoms with Crippen LogP contribution in [-0.4, -0.2) is 32.6 Å². The summed E-state index contributed by atoms with van der Waals surface area (Å²) in [5.41, 5.74) is 2.27. The number of anilines is 1. The van der Waals surface area contributed by atoms with Crippen LogP contribution in [0.4, 0.5) is 5.69 Å². The molecule has 0 aliphatic heterocycles. The molecule has 6 heteroatoms. The summed E-state index contributed by atoms with van der Waals surface area (Å²) in [7, 11) is 3.19. The van der Waals surface area contributed by atoms with E-state index in [1.54, 1.807) is 45.4 Å². The van der Waals surface area contributed by atoms with Gasteiger partial charge in [-0.3, -0.25) is 9.59 Å². The summed E-state index contributed by atoms with van der Waals surface area (Å²) in [6.07, 6.45) is 1.09. The van der Waals surface area contributed by atoms with Crippen molar-refractivity contribution in [3.05, 3.63) is 53.6 Å². The first-order valence-electron chi connectivity index (χ1n) is 8.46. The molecule has 2 N–H and O–H groups in total. The average molecular weight is 356 g/mol. The molecule has 0 unspecified atom stereocenters. The molecule has 0 aliphatic rings. The second-order valence-corrected chi connectivity index (χ2v) is 5.67. The van der Waals surface area contributed by atoms with Crippen molar-refractivity contribution < 1.29 is 19.1 Å². The molecular weight excluding hydrogens is 332 g/mol. The molecule has 2 amide bonds. The molecule has 2 aromatic rings. The Labute approximate surface area is 153 Å². The Morgan fingerprint density at radius 1 is 0.962 bits per heavy atom. The van der Waals surface area contributed by atoms with E-state index < -0.39 is 0 Å². The zero-order chi connectivity index (χ0) is 18.9. The lowest BCUT2D eigenvalue weighted by Crippen LogP contribution is -2.25. The van der Waals surface area contributed by atoms with E-state index in [9.17, 15) is 9.59 Å². The van der Waals surface area contributed by atoms with Gasteiger partial charge in [0.05, 0.1) is 14.2 Å². The zero-order valence-corrected chi connectivity index (χ0v) is 15.3. The van der Waals surface area contributed by atoms with Gasteiger partial charge >= 0.3 is 0 Å². The first kappa shape index (κ1) is 19.3. The molecule has 0 radical (unpaired) electrons. The van der Waals surface area contributed by atoms with E-state index in [2.05, 4.69) is 10.6 Å². The number of hydrogen-bond acceptors (Lipinski definition) is 4. The summed E-state index contributed by atoms with van der Waals surface area (Å²) in [5, 5.41) is 5.64. The van der Waals surface area contributed by atoms with Crippen LogP contribution in [0.25, 0.3) is 0 Å². The number of hydrogen-bond donors (Lipinski definition) is 2.